The van der Waals surface area contributed by atoms with E-state index in [-0.39, 0.29) is 0 Å². The van der Waals surface area contributed by atoms with Crippen LogP contribution in [0, 0.1) is 17.8 Å². The summed E-state index contributed by atoms with van der Waals surface area (Å²) in [5.74, 6) is 2.80. The molecule has 0 amide bonds. The third kappa shape index (κ3) is 7.27. The summed E-state index contributed by atoms with van der Waals surface area (Å²) in [7, 11) is 0. The smallest absolute Gasteiger partial charge is 0.00204 e. The minimum absolute atomic E-state index is 0.845. The standard InChI is InChI=1S/C13H27N.C2H6/c1-4-11(2)9-14-10-13-7-5-12(3)6-8-13;1-2/h11-14H,4-10H2,1-3H3;1-2H3. The highest BCUT2D eigenvalue weighted by molar-refractivity contribution is 4.72. The Morgan fingerprint density at radius 3 is 2.19 bits per heavy atom. The van der Waals surface area contributed by atoms with Crippen LogP contribution in [0.4, 0.5) is 0 Å². The molecular formula is C15H33N. The van der Waals surface area contributed by atoms with Gasteiger partial charge in [0.15, 0.2) is 0 Å². The van der Waals surface area contributed by atoms with Gasteiger partial charge in [-0.2, -0.15) is 0 Å². The van der Waals surface area contributed by atoms with E-state index in [9.17, 15) is 0 Å². The van der Waals surface area contributed by atoms with E-state index in [1.807, 2.05) is 13.8 Å². The van der Waals surface area contributed by atoms with Gasteiger partial charge in [0.05, 0.1) is 0 Å². The maximum absolute atomic E-state index is 3.62. The van der Waals surface area contributed by atoms with Crippen molar-refractivity contribution in [2.75, 3.05) is 13.1 Å². The fourth-order valence-corrected chi connectivity index (χ4v) is 2.21. The highest BCUT2D eigenvalue weighted by Gasteiger charge is 2.17. The molecule has 0 bridgehead atoms. The van der Waals surface area contributed by atoms with Gasteiger partial charge in [0, 0.05) is 0 Å². The first-order chi connectivity index (χ1) is 7.72. The summed E-state index contributed by atoms with van der Waals surface area (Å²) in [5, 5.41) is 3.62. The lowest BCUT2D eigenvalue weighted by atomic mass is 9.83. The molecule has 1 atom stereocenters. The molecule has 1 nitrogen and oxygen atoms in total. The van der Waals surface area contributed by atoms with Crippen LogP contribution in [0.2, 0.25) is 0 Å². The molecule has 0 heterocycles. The van der Waals surface area contributed by atoms with Crippen LogP contribution in [0.15, 0.2) is 0 Å². The second kappa shape index (κ2) is 10.1. The van der Waals surface area contributed by atoms with Crippen molar-refractivity contribution >= 4 is 0 Å². The van der Waals surface area contributed by atoms with Crippen LogP contribution in [0.1, 0.15) is 66.7 Å². The molecule has 0 spiro atoms. The van der Waals surface area contributed by atoms with Gasteiger partial charge in [-0.05, 0) is 43.7 Å². The molecule has 0 aromatic rings. The molecule has 1 unspecified atom stereocenters. The van der Waals surface area contributed by atoms with Gasteiger partial charge in [-0.25, -0.2) is 0 Å². The molecular weight excluding hydrogens is 194 g/mol. The quantitative estimate of drug-likeness (QED) is 0.730. The van der Waals surface area contributed by atoms with Crippen molar-refractivity contribution < 1.29 is 0 Å². The average Bonchev–Trinajstić information content (AvgIpc) is 2.34. The lowest BCUT2D eigenvalue weighted by molar-refractivity contribution is 0.278. The van der Waals surface area contributed by atoms with E-state index in [1.54, 1.807) is 0 Å². The summed E-state index contributed by atoms with van der Waals surface area (Å²) in [6.45, 7) is 13.5. The van der Waals surface area contributed by atoms with E-state index in [0.29, 0.717) is 0 Å². The van der Waals surface area contributed by atoms with Crippen molar-refractivity contribution in [3.05, 3.63) is 0 Å². The monoisotopic (exact) mass is 227 g/mol. The Balaban J connectivity index is 0.00000106. The summed E-state index contributed by atoms with van der Waals surface area (Å²) in [5.41, 5.74) is 0. The fourth-order valence-electron chi connectivity index (χ4n) is 2.21. The normalized spacial score (nSPS) is 26.8. The van der Waals surface area contributed by atoms with Gasteiger partial charge in [0.25, 0.3) is 0 Å². The molecule has 0 aromatic heterocycles. The molecule has 1 aliphatic rings. The maximum Gasteiger partial charge on any atom is -0.00204 e. The molecule has 0 radical (unpaired) electrons. The van der Waals surface area contributed by atoms with E-state index >= 15 is 0 Å². The Morgan fingerprint density at radius 2 is 1.69 bits per heavy atom. The van der Waals surface area contributed by atoms with Gasteiger partial charge >= 0.3 is 0 Å². The SMILES string of the molecule is CC.CCC(C)CNCC1CCC(C)CC1. The molecule has 0 aliphatic heterocycles. The molecule has 1 heteroatoms. The van der Waals surface area contributed by atoms with E-state index in [1.165, 1.54) is 45.2 Å². The predicted octanol–water partition coefficient (Wildman–Crippen LogP) is 4.47. The second-order valence-electron chi connectivity index (χ2n) is 5.30. The van der Waals surface area contributed by atoms with Crippen LogP contribution in [0.3, 0.4) is 0 Å². The molecule has 1 aliphatic carbocycles. The largest absolute Gasteiger partial charge is 0.316 e. The number of nitrogens with one attached hydrogen (secondary N) is 1. The highest BCUT2D eigenvalue weighted by atomic mass is 14.9. The van der Waals surface area contributed by atoms with Crippen molar-refractivity contribution in [3.63, 3.8) is 0 Å². The Hall–Kier alpha value is -0.0400. The minimum atomic E-state index is 0.845. The predicted molar refractivity (Wildman–Crippen MR) is 74.8 cm³/mol. The lowest BCUT2D eigenvalue weighted by Gasteiger charge is -2.26. The van der Waals surface area contributed by atoms with Gasteiger partial charge in [-0.1, -0.05) is 53.9 Å². The third-order valence-electron chi connectivity index (χ3n) is 3.76. The molecule has 98 valence electrons. The van der Waals surface area contributed by atoms with E-state index in [0.717, 1.165) is 17.8 Å². The molecule has 1 rings (SSSR count). The van der Waals surface area contributed by atoms with Gasteiger partial charge in [-0.3, -0.25) is 0 Å². The van der Waals surface area contributed by atoms with Crippen LogP contribution in [0.25, 0.3) is 0 Å². The summed E-state index contributed by atoms with van der Waals surface area (Å²) in [6.07, 6.45) is 7.11. The van der Waals surface area contributed by atoms with E-state index in [2.05, 4.69) is 26.1 Å². The molecule has 1 N–H and O–H groups in total. The Morgan fingerprint density at radius 1 is 1.12 bits per heavy atom. The first-order valence-electron chi connectivity index (χ1n) is 7.43. The van der Waals surface area contributed by atoms with Gasteiger partial charge < -0.3 is 5.32 Å². The van der Waals surface area contributed by atoms with Crippen LogP contribution in [0.5, 0.6) is 0 Å². The molecule has 0 aromatic carbocycles. The Bertz CT molecular complexity index is 136. The summed E-state index contributed by atoms with van der Waals surface area (Å²) >= 11 is 0. The van der Waals surface area contributed by atoms with Crippen molar-refractivity contribution in [2.24, 2.45) is 17.8 Å². The number of rotatable bonds is 5. The maximum atomic E-state index is 3.62. The Kier molecular flexibility index (Phi) is 10.1. The second-order valence-corrected chi connectivity index (χ2v) is 5.30. The van der Waals surface area contributed by atoms with Crippen LogP contribution < -0.4 is 5.32 Å². The Labute approximate surface area is 103 Å². The zero-order valence-electron chi connectivity index (χ0n) is 12.2. The average molecular weight is 227 g/mol. The lowest BCUT2D eigenvalue weighted by Crippen LogP contribution is -2.29. The summed E-state index contributed by atoms with van der Waals surface area (Å²) in [4.78, 5) is 0. The number of hydrogen-bond donors (Lipinski definition) is 1. The third-order valence-corrected chi connectivity index (χ3v) is 3.76. The van der Waals surface area contributed by atoms with Gasteiger partial charge in [-0.15, -0.1) is 0 Å². The minimum Gasteiger partial charge on any atom is -0.316 e. The van der Waals surface area contributed by atoms with Crippen molar-refractivity contribution in [3.8, 4) is 0 Å². The zero-order valence-corrected chi connectivity index (χ0v) is 12.2. The zero-order chi connectivity index (χ0) is 12.4. The molecule has 1 saturated carbocycles. The first-order valence-corrected chi connectivity index (χ1v) is 7.43. The van der Waals surface area contributed by atoms with Crippen LogP contribution in [-0.4, -0.2) is 13.1 Å². The van der Waals surface area contributed by atoms with Gasteiger partial charge in [0.2, 0.25) is 0 Å². The van der Waals surface area contributed by atoms with Crippen LogP contribution in [-0.2, 0) is 0 Å². The van der Waals surface area contributed by atoms with Crippen LogP contribution >= 0.6 is 0 Å². The number of hydrogen-bond acceptors (Lipinski definition) is 1. The first kappa shape index (κ1) is 16.0. The van der Waals surface area contributed by atoms with Crippen molar-refractivity contribution in [1.82, 2.24) is 5.32 Å². The topological polar surface area (TPSA) is 12.0 Å². The highest BCUT2D eigenvalue weighted by Crippen LogP contribution is 2.27. The van der Waals surface area contributed by atoms with E-state index in [4.69, 9.17) is 0 Å². The fraction of sp³-hybridized carbons (Fsp3) is 1.00. The van der Waals surface area contributed by atoms with E-state index < -0.39 is 0 Å². The summed E-state index contributed by atoms with van der Waals surface area (Å²) < 4.78 is 0. The van der Waals surface area contributed by atoms with Gasteiger partial charge in [0.1, 0.15) is 0 Å². The van der Waals surface area contributed by atoms with Crippen molar-refractivity contribution in [2.45, 2.75) is 66.7 Å². The summed E-state index contributed by atoms with van der Waals surface area (Å²) in [6, 6.07) is 0. The molecule has 1 fully saturated rings. The molecule has 16 heavy (non-hydrogen) atoms. The molecule has 0 saturated heterocycles. The van der Waals surface area contributed by atoms with Crippen molar-refractivity contribution in [1.29, 1.82) is 0 Å².